The number of hydrogen-bond acceptors (Lipinski definition) is 2. The van der Waals surface area contributed by atoms with Gasteiger partial charge in [-0.2, -0.15) is 18.3 Å². The largest absolute Gasteiger partial charge is 0.435 e. The maximum absolute atomic E-state index is 12.4. The fourth-order valence-electron chi connectivity index (χ4n) is 1.24. The zero-order valence-corrected chi connectivity index (χ0v) is 9.42. The van der Waals surface area contributed by atoms with Crippen LogP contribution in [-0.2, 0) is 6.18 Å². The van der Waals surface area contributed by atoms with Crippen molar-refractivity contribution in [2.75, 3.05) is 0 Å². The third-order valence-electron chi connectivity index (χ3n) is 2.07. The number of alkyl halides is 3. The van der Waals surface area contributed by atoms with Gasteiger partial charge in [0.05, 0.1) is 0 Å². The van der Waals surface area contributed by atoms with E-state index in [0.29, 0.717) is 0 Å². The molecule has 3 nitrogen and oxygen atoms in total. The van der Waals surface area contributed by atoms with Crippen LogP contribution in [0.15, 0.2) is 24.4 Å². The predicted molar refractivity (Wildman–Crippen MR) is 56.1 cm³/mol. The predicted octanol–water partition coefficient (Wildman–Crippen LogP) is 3.25. The van der Waals surface area contributed by atoms with Gasteiger partial charge in [-0.3, -0.25) is 0 Å². The molecule has 0 atom stereocenters. The molecular weight excluding hydrogens is 255 g/mol. The van der Waals surface area contributed by atoms with Crippen molar-refractivity contribution in [3.8, 4) is 5.82 Å². The summed E-state index contributed by atoms with van der Waals surface area (Å²) >= 11 is 5.69. The van der Waals surface area contributed by atoms with Crippen LogP contribution in [0.5, 0.6) is 0 Å². The van der Waals surface area contributed by atoms with E-state index in [1.54, 1.807) is 12.1 Å². The minimum absolute atomic E-state index is 0.131. The highest BCUT2D eigenvalue weighted by atomic mass is 35.5. The first-order valence-corrected chi connectivity index (χ1v) is 5.01. The lowest BCUT2D eigenvalue weighted by atomic mass is 10.3. The van der Waals surface area contributed by atoms with Gasteiger partial charge in [0.1, 0.15) is 5.15 Å². The Kier molecular flexibility index (Phi) is 2.82. The van der Waals surface area contributed by atoms with Gasteiger partial charge in [-0.05, 0) is 18.6 Å². The van der Waals surface area contributed by atoms with Crippen molar-refractivity contribution in [3.63, 3.8) is 0 Å². The minimum atomic E-state index is -4.51. The molecule has 0 aliphatic rings. The molecule has 17 heavy (non-hydrogen) atoms. The first kappa shape index (κ1) is 11.9. The summed E-state index contributed by atoms with van der Waals surface area (Å²) in [5.41, 5.74) is -0.141. The third-order valence-corrected chi connectivity index (χ3v) is 2.34. The lowest BCUT2D eigenvalue weighted by Crippen LogP contribution is -2.07. The maximum atomic E-state index is 12.4. The average molecular weight is 262 g/mol. The van der Waals surface area contributed by atoms with E-state index in [2.05, 4.69) is 10.1 Å². The van der Waals surface area contributed by atoms with Gasteiger partial charge >= 0.3 is 6.18 Å². The quantitative estimate of drug-likeness (QED) is 0.789. The van der Waals surface area contributed by atoms with Gasteiger partial charge in [-0.25, -0.2) is 9.67 Å². The van der Waals surface area contributed by atoms with Crippen molar-refractivity contribution >= 4 is 11.6 Å². The SMILES string of the molecule is Cc1ccc(-n2nc(C(F)(F)F)cc2Cl)nc1. The molecule has 0 aliphatic heterocycles. The molecule has 0 radical (unpaired) electrons. The number of aromatic nitrogens is 3. The molecule has 2 rings (SSSR count). The molecule has 0 aromatic carbocycles. The summed E-state index contributed by atoms with van der Waals surface area (Å²) in [6.07, 6.45) is -2.99. The fourth-order valence-corrected chi connectivity index (χ4v) is 1.47. The summed E-state index contributed by atoms with van der Waals surface area (Å²) in [5, 5.41) is 3.25. The van der Waals surface area contributed by atoms with E-state index in [4.69, 9.17) is 11.6 Å². The van der Waals surface area contributed by atoms with Gasteiger partial charge in [0.25, 0.3) is 0 Å². The molecule has 2 heterocycles. The number of nitrogens with zero attached hydrogens (tertiary/aromatic N) is 3. The van der Waals surface area contributed by atoms with Crippen LogP contribution in [0.1, 0.15) is 11.3 Å². The van der Waals surface area contributed by atoms with Gasteiger partial charge in [0.15, 0.2) is 11.5 Å². The van der Waals surface area contributed by atoms with E-state index < -0.39 is 11.9 Å². The Morgan fingerprint density at radius 2 is 2.00 bits per heavy atom. The molecule has 0 saturated carbocycles. The first-order valence-electron chi connectivity index (χ1n) is 4.64. The van der Waals surface area contributed by atoms with Gasteiger partial charge in [-0.15, -0.1) is 0 Å². The summed E-state index contributed by atoms with van der Waals surface area (Å²) in [6.45, 7) is 1.82. The Morgan fingerprint density at radius 1 is 1.29 bits per heavy atom. The van der Waals surface area contributed by atoms with Gasteiger partial charge in [-0.1, -0.05) is 17.7 Å². The Balaban J connectivity index is 2.46. The van der Waals surface area contributed by atoms with Gasteiger partial charge in [0.2, 0.25) is 0 Å². The zero-order chi connectivity index (χ0) is 12.6. The Hall–Kier alpha value is -1.56. The molecule has 0 aliphatic carbocycles. The highest BCUT2D eigenvalue weighted by Crippen LogP contribution is 2.30. The zero-order valence-electron chi connectivity index (χ0n) is 8.66. The molecule has 0 fully saturated rings. The lowest BCUT2D eigenvalue weighted by Gasteiger charge is -2.03. The van der Waals surface area contributed by atoms with Gasteiger partial charge in [0, 0.05) is 12.3 Å². The Morgan fingerprint density at radius 3 is 2.47 bits per heavy atom. The van der Waals surface area contributed by atoms with Crippen molar-refractivity contribution in [2.45, 2.75) is 13.1 Å². The average Bonchev–Trinajstić information content (AvgIpc) is 2.61. The summed E-state index contributed by atoms with van der Waals surface area (Å²) in [6, 6.07) is 4.03. The monoisotopic (exact) mass is 261 g/mol. The summed E-state index contributed by atoms with van der Waals surface area (Å²) in [7, 11) is 0. The molecule has 2 aromatic rings. The van der Waals surface area contributed by atoms with Crippen LogP contribution in [0.2, 0.25) is 5.15 Å². The highest BCUT2D eigenvalue weighted by molar-refractivity contribution is 6.29. The second-order valence-corrected chi connectivity index (χ2v) is 3.84. The second-order valence-electron chi connectivity index (χ2n) is 3.46. The molecule has 7 heteroatoms. The molecule has 0 N–H and O–H groups in total. The van der Waals surface area contributed by atoms with Crippen molar-refractivity contribution in [1.29, 1.82) is 0 Å². The third kappa shape index (κ3) is 2.41. The molecule has 2 aromatic heterocycles. The van der Waals surface area contributed by atoms with E-state index in [1.807, 2.05) is 6.92 Å². The van der Waals surface area contributed by atoms with E-state index in [-0.39, 0.29) is 11.0 Å². The normalized spacial score (nSPS) is 11.8. The number of aryl methyl sites for hydroxylation is 1. The van der Waals surface area contributed by atoms with E-state index >= 15 is 0 Å². The van der Waals surface area contributed by atoms with Gasteiger partial charge < -0.3 is 0 Å². The topological polar surface area (TPSA) is 30.7 Å². The summed E-state index contributed by atoms with van der Waals surface area (Å²) in [4.78, 5) is 3.95. The van der Waals surface area contributed by atoms with E-state index in [1.165, 1.54) is 6.20 Å². The van der Waals surface area contributed by atoms with Crippen molar-refractivity contribution < 1.29 is 13.2 Å². The molecule has 0 bridgehead atoms. The van der Waals surface area contributed by atoms with Crippen molar-refractivity contribution in [2.24, 2.45) is 0 Å². The summed E-state index contributed by atoms with van der Waals surface area (Å²) < 4.78 is 38.2. The number of pyridine rings is 1. The van der Waals surface area contributed by atoms with E-state index in [9.17, 15) is 13.2 Å². The molecule has 0 unspecified atom stereocenters. The molecule has 90 valence electrons. The van der Waals surface area contributed by atoms with Crippen LogP contribution in [0.4, 0.5) is 13.2 Å². The Bertz CT molecular complexity index is 531. The highest BCUT2D eigenvalue weighted by Gasteiger charge is 2.35. The smallest absolute Gasteiger partial charge is 0.237 e. The fraction of sp³-hybridized carbons (Fsp3) is 0.200. The maximum Gasteiger partial charge on any atom is 0.435 e. The summed E-state index contributed by atoms with van der Waals surface area (Å²) in [5.74, 6) is 0.246. The molecule has 0 spiro atoms. The first-order chi connectivity index (χ1) is 7.88. The van der Waals surface area contributed by atoms with Crippen LogP contribution in [0, 0.1) is 6.92 Å². The van der Waals surface area contributed by atoms with Crippen LogP contribution in [0.25, 0.3) is 5.82 Å². The van der Waals surface area contributed by atoms with Crippen LogP contribution in [0.3, 0.4) is 0 Å². The van der Waals surface area contributed by atoms with Crippen LogP contribution >= 0.6 is 11.6 Å². The number of halogens is 4. The molecule has 0 amide bonds. The standard InChI is InChI=1S/C10H7ClF3N3/c1-6-2-3-9(15-5-6)17-8(11)4-7(16-17)10(12,13)14/h2-5H,1H3. The molecular formula is C10H7ClF3N3. The van der Waals surface area contributed by atoms with Crippen LogP contribution < -0.4 is 0 Å². The lowest BCUT2D eigenvalue weighted by molar-refractivity contribution is -0.141. The number of hydrogen-bond donors (Lipinski definition) is 0. The van der Waals surface area contributed by atoms with E-state index in [0.717, 1.165) is 16.3 Å². The number of rotatable bonds is 1. The Labute approximate surface area is 99.8 Å². The van der Waals surface area contributed by atoms with Crippen molar-refractivity contribution in [3.05, 3.63) is 40.8 Å². The van der Waals surface area contributed by atoms with Crippen LogP contribution in [-0.4, -0.2) is 14.8 Å². The minimum Gasteiger partial charge on any atom is -0.237 e. The molecule has 0 saturated heterocycles. The van der Waals surface area contributed by atoms with Crippen molar-refractivity contribution in [1.82, 2.24) is 14.8 Å². The second kappa shape index (κ2) is 4.03.